The van der Waals surface area contributed by atoms with E-state index in [2.05, 4.69) is 17.4 Å². The highest BCUT2D eigenvalue weighted by molar-refractivity contribution is 7.92. The minimum atomic E-state index is -3.30. The second kappa shape index (κ2) is 8.85. The van der Waals surface area contributed by atoms with E-state index in [1.54, 1.807) is 31.2 Å². The highest BCUT2D eigenvalue weighted by atomic mass is 32.2. The maximum atomic E-state index is 12.4. The van der Waals surface area contributed by atoms with Crippen molar-refractivity contribution in [3.8, 4) is 0 Å². The zero-order chi connectivity index (χ0) is 19.2. The average Bonchev–Trinajstić information content (AvgIpc) is 2.66. The van der Waals surface area contributed by atoms with Gasteiger partial charge in [0.15, 0.2) is 0 Å². The Labute approximate surface area is 156 Å². The number of amides is 1. The number of aryl methyl sites for hydroxylation is 1. The molecule has 2 aromatic carbocycles. The van der Waals surface area contributed by atoms with Crippen molar-refractivity contribution in [2.45, 2.75) is 32.7 Å². The van der Waals surface area contributed by atoms with Crippen LogP contribution >= 0.6 is 0 Å². The second-order valence-corrected chi connectivity index (χ2v) is 8.60. The molecule has 2 rings (SSSR count). The highest BCUT2D eigenvalue weighted by Crippen LogP contribution is 2.17. The predicted molar refractivity (Wildman–Crippen MR) is 106 cm³/mol. The van der Waals surface area contributed by atoms with Crippen LogP contribution in [-0.2, 0) is 16.4 Å². The van der Waals surface area contributed by atoms with Crippen molar-refractivity contribution >= 4 is 21.6 Å². The van der Waals surface area contributed by atoms with Crippen LogP contribution in [0.3, 0.4) is 0 Å². The van der Waals surface area contributed by atoms with Crippen molar-refractivity contribution in [2.24, 2.45) is 0 Å². The van der Waals surface area contributed by atoms with Crippen LogP contribution in [-0.4, -0.2) is 33.2 Å². The smallest absolute Gasteiger partial charge is 0.251 e. The van der Waals surface area contributed by atoms with E-state index in [1.165, 1.54) is 16.9 Å². The van der Waals surface area contributed by atoms with Crippen LogP contribution in [0.2, 0.25) is 0 Å². The lowest BCUT2D eigenvalue weighted by Gasteiger charge is -2.19. The minimum Gasteiger partial charge on any atom is -0.350 e. The number of sulfonamides is 1. The van der Waals surface area contributed by atoms with E-state index >= 15 is 0 Å². The van der Waals surface area contributed by atoms with Crippen LogP contribution in [0.4, 0.5) is 5.69 Å². The number of hydrogen-bond donors (Lipinski definition) is 1. The summed E-state index contributed by atoms with van der Waals surface area (Å²) in [5.41, 5.74) is 2.31. The number of carbonyl (C=O) groups excluding carboxylic acids is 1. The molecule has 0 bridgehead atoms. The lowest BCUT2D eigenvalue weighted by molar-refractivity contribution is 0.0938. The zero-order valence-corrected chi connectivity index (χ0v) is 16.3. The van der Waals surface area contributed by atoms with Crippen LogP contribution in [0, 0.1) is 0 Å². The van der Waals surface area contributed by atoms with Gasteiger partial charge in [-0.1, -0.05) is 30.3 Å². The van der Waals surface area contributed by atoms with E-state index in [1.807, 2.05) is 25.1 Å². The summed E-state index contributed by atoms with van der Waals surface area (Å²) in [6.07, 6.45) is 1.76. The van der Waals surface area contributed by atoms with Crippen molar-refractivity contribution in [1.82, 2.24) is 5.32 Å². The Kier molecular flexibility index (Phi) is 6.80. The Morgan fingerprint density at radius 1 is 1.08 bits per heavy atom. The standard InChI is InChI=1S/C20H26N2O3S/c1-4-26(24,25)22(3)19-14-12-18(13-15-19)20(23)21-16(2)10-11-17-8-6-5-7-9-17/h5-9,12-16H,4,10-11H2,1-3H3,(H,21,23)/t16-/m0/s1. The maximum absolute atomic E-state index is 12.4. The number of hydrogen-bond acceptors (Lipinski definition) is 3. The molecule has 1 N–H and O–H groups in total. The topological polar surface area (TPSA) is 66.5 Å². The molecule has 0 aliphatic heterocycles. The minimum absolute atomic E-state index is 0.0324. The van der Waals surface area contributed by atoms with E-state index < -0.39 is 10.0 Å². The fourth-order valence-corrected chi connectivity index (χ4v) is 3.41. The molecule has 26 heavy (non-hydrogen) atoms. The van der Waals surface area contributed by atoms with Gasteiger partial charge in [-0.2, -0.15) is 0 Å². The van der Waals surface area contributed by atoms with E-state index in [0.717, 1.165) is 12.8 Å². The van der Waals surface area contributed by atoms with Crippen molar-refractivity contribution < 1.29 is 13.2 Å². The van der Waals surface area contributed by atoms with Gasteiger partial charge in [-0.25, -0.2) is 8.42 Å². The summed E-state index contributed by atoms with van der Waals surface area (Å²) in [5.74, 6) is -0.122. The fraction of sp³-hybridized carbons (Fsp3) is 0.350. The van der Waals surface area contributed by atoms with Crippen molar-refractivity contribution in [3.63, 3.8) is 0 Å². The van der Waals surface area contributed by atoms with Crippen LogP contribution in [0.15, 0.2) is 54.6 Å². The molecule has 6 heteroatoms. The van der Waals surface area contributed by atoms with E-state index in [4.69, 9.17) is 0 Å². The third-order valence-electron chi connectivity index (χ3n) is 4.36. The first-order chi connectivity index (χ1) is 12.3. The lowest BCUT2D eigenvalue weighted by atomic mass is 10.1. The molecule has 0 fully saturated rings. The van der Waals surface area contributed by atoms with Crippen LogP contribution in [0.1, 0.15) is 36.2 Å². The first-order valence-corrected chi connectivity index (χ1v) is 10.4. The van der Waals surface area contributed by atoms with Gasteiger partial charge in [0.2, 0.25) is 10.0 Å². The Hall–Kier alpha value is -2.34. The summed E-state index contributed by atoms with van der Waals surface area (Å²) < 4.78 is 25.0. The summed E-state index contributed by atoms with van der Waals surface area (Å²) in [7, 11) is -1.79. The molecule has 0 unspecified atom stereocenters. The second-order valence-electron chi connectivity index (χ2n) is 6.31. The molecule has 0 aliphatic rings. The molecule has 140 valence electrons. The summed E-state index contributed by atoms with van der Waals surface area (Å²) in [6, 6.07) is 16.8. The molecule has 1 atom stereocenters. The van der Waals surface area contributed by atoms with Crippen LogP contribution in [0.5, 0.6) is 0 Å². The average molecular weight is 375 g/mol. The normalized spacial score (nSPS) is 12.4. The number of anilines is 1. The molecule has 0 heterocycles. The van der Waals surface area contributed by atoms with Crippen LogP contribution < -0.4 is 9.62 Å². The first-order valence-electron chi connectivity index (χ1n) is 8.75. The number of rotatable bonds is 8. The van der Waals surface area contributed by atoms with Crippen molar-refractivity contribution in [3.05, 3.63) is 65.7 Å². The monoisotopic (exact) mass is 374 g/mol. The fourth-order valence-electron chi connectivity index (χ4n) is 2.58. The molecule has 0 spiro atoms. The van der Waals surface area contributed by atoms with Gasteiger partial charge >= 0.3 is 0 Å². The molecule has 0 radical (unpaired) electrons. The Balaban J connectivity index is 1.93. The van der Waals surface area contributed by atoms with Gasteiger partial charge in [-0.3, -0.25) is 9.10 Å². The van der Waals surface area contributed by atoms with Gasteiger partial charge < -0.3 is 5.32 Å². The molecule has 2 aromatic rings. The van der Waals surface area contributed by atoms with Gasteiger partial charge in [0.1, 0.15) is 0 Å². The predicted octanol–water partition coefficient (Wildman–Crippen LogP) is 3.22. The molecule has 1 amide bonds. The van der Waals surface area contributed by atoms with E-state index in [-0.39, 0.29) is 17.7 Å². The molecule has 0 aliphatic carbocycles. The van der Waals surface area contributed by atoms with Gasteiger partial charge in [0.05, 0.1) is 11.4 Å². The summed E-state index contributed by atoms with van der Waals surface area (Å²) in [6.45, 7) is 3.58. The Morgan fingerprint density at radius 2 is 1.69 bits per heavy atom. The van der Waals surface area contributed by atoms with Gasteiger partial charge in [-0.15, -0.1) is 0 Å². The van der Waals surface area contributed by atoms with Crippen molar-refractivity contribution in [2.75, 3.05) is 17.1 Å². The first kappa shape index (κ1) is 20.0. The Bertz CT molecular complexity index is 818. The van der Waals surface area contributed by atoms with Gasteiger partial charge in [0.25, 0.3) is 5.91 Å². The molecule has 0 aromatic heterocycles. The molecule has 5 nitrogen and oxygen atoms in total. The van der Waals surface area contributed by atoms with E-state index in [0.29, 0.717) is 11.3 Å². The van der Waals surface area contributed by atoms with Crippen LogP contribution in [0.25, 0.3) is 0 Å². The van der Waals surface area contributed by atoms with Crippen molar-refractivity contribution in [1.29, 1.82) is 0 Å². The summed E-state index contributed by atoms with van der Waals surface area (Å²) in [4.78, 5) is 12.4. The number of carbonyl (C=O) groups is 1. The number of nitrogens with one attached hydrogen (secondary N) is 1. The SMILES string of the molecule is CCS(=O)(=O)N(C)c1ccc(C(=O)N[C@@H](C)CCc2ccccc2)cc1. The number of benzene rings is 2. The van der Waals surface area contributed by atoms with E-state index in [9.17, 15) is 13.2 Å². The summed E-state index contributed by atoms with van der Waals surface area (Å²) >= 11 is 0. The van der Waals surface area contributed by atoms with Gasteiger partial charge in [-0.05, 0) is 56.5 Å². The number of nitrogens with zero attached hydrogens (tertiary/aromatic N) is 1. The third kappa shape index (κ3) is 5.33. The quantitative estimate of drug-likeness (QED) is 0.771. The van der Waals surface area contributed by atoms with Gasteiger partial charge in [0, 0.05) is 18.7 Å². The molecule has 0 saturated heterocycles. The largest absolute Gasteiger partial charge is 0.350 e. The molecular weight excluding hydrogens is 348 g/mol. The molecular formula is C20H26N2O3S. The summed E-state index contributed by atoms with van der Waals surface area (Å²) in [5, 5.41) is 2.99. The third-order valence-corrected chi connectivity index (χ3v) is 6.14. The molecule has 0 saturated carbocycles. The zero-order valence-electron chi connectivity index (χ0n) is 15.5. The Morgan fingerprint density at radius 3 is 2.27 bits per heavy atom. The highest BCUT2D eigenvalue weighted by Gasteiger charge is 2.16. The lowest BCUT2D eigenvalue weighted by Crippen LogP contribution is -2.33. The maximum Gasteiger partial charge on any atom is 0.251 e.